The summed E-state index contributed by atoms with van der Waals surface area (Å²) in [6.45, 7) is 6.99. The molecule has 5 nitrogen and oxygen atoms in total. The molecule has 0 bridgehead atoms. The van der Waals surface area contributed by atoms with E-state index in [0.29, 0.717) is 18.5 Å². The lowest BCUT2D eigenvalue weighted by molar-refractivity contribution is 0.00838. The molecule has 0 aromatic carbocycles. The minimum Gasteiger partial charge on any atom is -0.379 e. The molecule has 1 aromatic heterocycles. The Labute approximate surface area is 121 Å². The molecule has 5 heteroatoms. The lowest BCUT2D eigenvalue weighted by Crippen LogP contribution is -2.35. The SMILES string of the molecule is COC(C)(C)CC(C)NCc1noc(C2CCCC2)n1. The van der Waals surface area contributed by atoms with Crippen LogP contribution in [0.1, 0.15) is 70.5 Å². The van der Waals surface area contributed by atoms with Crippen molar-refractivity contribution in [2.75, 3.05) is 7.11 Å². The highest BCUT2D eigenvalue weighted by atomic mass is 16.5. The first-order valence-corrected chi connectivity index (χ1v) is 7.61. The average Bonchev–Trinajstić information content (AvgIpc) is 3.06. The van der Waals surface area contributed by atoms with E-state index in [1.807, 2.05) is 0 Å². The third-order valence-corrected chi connectivity index (χ3v) is 4.15. The smallest absolute Gasteiger partial charge is 0.229 e. The molecule has 0 amide bonds. The summed E-state index contributed by atoms with van der Waals surface area (Å²) in [4.78, 5) is 4.51. The Bertz CT molecular complexity index is 411. The molecule has 0 radical (unpaired) electrons. The molecule has 0 saturated heterocycles. The molecule has 1 aliphatic rings. The second-order valence-electron chi connectivity index (χ2n) is 6.48. The van der Waals surface area contributed by atoms with Gasteiger partial charge in [0, 0.05) is 19.1 Å². The normalized spacial score (nSPS) is 18.6. The van der Waals surface area contributed by atoms with Crippen molar-refractivity contribution in [2.24, 2.45) is 0 Å². The lowest BCUT2D eigenvalue weighted by atomic mass is 10.00. The summed E-state index contributed by atoms with van der Waals surface area (Å²) < 4.78 is 10.8. The third kappa shape index (κ3) is 4.28. The van der Waals surface area contributed by atoms with E-state index < -0.39 is 0 Å². The first-order valence-electron chi connectivity index (χ1n) is 7.61. The number of hydrogen-bond donors (Lipinski definition) is 1. The van der Waals surface area contributed by atoms with Crippen LogP contribution in [0.2, 0.25) is 0 Å². The molecule has 2 rings (SSSR count). The van der Waals surface area contributed by atoms with Crippen LogP contribution in [0, 0.1) is 0 Å². The highest BCUT2D eigenvalue weighted by Gasteiger charge is 2.23. The topological polar surface area (TPSA) is 60.2 Å². The second kappa shape index (κ2) is 6.68. The zero-order valence-corrected chi connectivity index (χ0v) is 13.1. The molecular formula is C15H27N3O2. The summed E-state index contributed by atoms with van der Waals surface area (Å²) in [5.41, 5.74) is -0.112. The van der Waals surface area contributed by atoms with Crippen LogP contribution in [0.4, 0.5) is 0 Å². The Morgan fingerprint density at radius 3 is 2.75 bits per heavy atom. The van der Waals surface area contributed by atoms with Crippen LogP contribution < -0.4 is 5.32 Å². The van der Waals surface area contributed by atoms with Gasteiger partial charge in [-0.2, -0.15) is 4.98 Å². The standard InChI is InChI=1S/C15H27N3O2/c1-11(9-15(2,3)19-4)16-10-13-17-14(20-18-13)12-7-5-6-8-12/h11-12,16H,5-10H2,1-4H3. The monoisotopic (exact) mass is 281 g/mol. The quantitative estimate of drug-likeness (QED) is 0.832. The van der Waals surface area contributed by atoms with Gasteiger partial charge >= 0.3 is 0 Å². The summed E-state index contributed by atoms with van der Waals surface area (Å²) in [5.74, 6) is 2.07. The van der Waals surface area contributed by atoms with Gasteiger partial charge in [-0.15, -0.1) is 0 Å². The number of rotatable bonds is 7. The molecular weight excluding hydrogens is 254 g/mol. The Hall–Kier alpha value is -0.940. The minimum absolute atomic E-state index is 0.112. The number of hydrogen-bond acceptors (Lipinski definition) is 5. The molecule has 1 saturated carbocycles. The summed E-state index contributed by atoms with van der Waals surface area (Å²) >= 11 is 0. The van der Waals surface area contributed by atoms with E-state index in [0.717, 1.165) is 18.1 Å². The van der Waals surface area contributed by atoms with Gasteiger partial charge in [0.15, 0.2) is 5.82 Å². The number of nitrogens with zero attached hydrogens (tertiary/aromatic N) is 2. The van der Waals surface area contributed by atoms with Crippen molar-refractivity contribution < 1.29 is 9.26 Å². The minimum atomic E-state index is -0.112. The predicted octanol–water partition coefficient (Wildman–Crippen LogP) is 3.02. The van der Waals surface area contributed by atoms with Crippen LogP contribution in [-0.4, -0.2) is 28.9 Å². The van der Waals surface area contributed by atoms with Crippen molar-refractivity contribution in [3.05, 3.63) is 11.7 Å². The number of methoxy groups -OCH3 is 1. The van der Waals surface area contributed by atoms with E-state index in [4.69, 9.17) is 9.26 Å². The van der Waals surface area contributed by atoms with Crippen molar-refractivity contribution in [2.45, 2.75) is 77.0 Å². The van der Waals surface area contributed by atoms with Gasteiger partial charge in [-0.25, -0.2) is 0 Å². The molecule has 1 aliphatic carbocycles. The van der Waals surface area contributed by atoms with E-state index >= 15 is 0 Å². The molecule has 1 unspecified atom stereocenters. The van der Waals surface area contributed by atoms with E-state index in [-0.39, 0.29) is 5.60 Å². The van der Waals surface area contributed by atoms with Gasteiger partial charge in [0.25, 0.3) is 0 Å². The number of ether oxygens (including phenoxy) is 1. The van der Waals surface area contributed by atoms with Gasteiger partial charge in [-0.1, -0.05) is 18.0 Å². The fourth-order valence-corrected chi connectivity index (χ4v) is 2.84. The van der Waals surface area contributed by atoms with Crippen molar-refractivity contribution >= 4 is 0 Å². The fraction of sp³-hybridized carbons (Fsp3) is 0.867. The van der Waals surface area contributed by atoms with Crippen LogP contribution in [0.25, 0.3) is 0 Å². The molecule has 1 fully saturated rings. The molecule has 0 aliphatic heterocycles. The number of aromatic nitrogens is 2. The summed E-state index contributed by atoms with van der Waals surface area (Å²) in [6, 6.07) is 0.346. The second-order valence-corrected chi connectivity index (χ2v) is 6.48. The van der Waals surface area contributed by atoms with Crippen LogP contribution in [0.3, 0.4) is 0 Å². The third-order valence-electron chi connectivity index (χ3n) is 4.15. The summed E-state index contributed by atoms with van der Waals surface area (Å²) in [6.07, 6.45) is 5.88. The van der Waals surface area contributed by atoms with E-state index in [1.165, 1.54) is 25.7 Å². The van der Waals surface area contributed by atoms with Crippen LogP contribution in [0.5, 0.6) is 0 Å². The van der Waals surface area contributed by atoms with Crippen LogP contribution in [-0.2, 0) is 11.3 Å². The molecule has 114 valence electrons. The Morgan fingerprint density at radius 2 is 2.10 bits per heavy atom. The van der Waals surface area contributed by atoms with Gasteiger partial charge in [0.1, 0.15) is 0 Å². The number of nitrogens with one attached hydrogen (secondary N) is 1. The zero-order chi connectivity index (χ0) is 14.6. The van der Waals surface area contributed by atoms with Crippen molar-refractivity contribution in [1.82, 2.24) is 15.5 Å². The van der Waals surface area contributed by atoms with Gasteiger partial charge in [0.2, 0.25) is 5.89 Å². The van der Waals surface area contributed by atoms with Gasteiger partial charge in [-0.3, -0.25) is 0 Å². The Balaban J connectivity index is 1.79. The molecule has 1 N–H and O–H groups in total. The van der Waals surface area contributed by atoms with Gasteiger partial charge in [0.05, 0.1) is 12.1 Å². The largest absolute Gasteiger partial charge is 0.379 e. The van der Waals surface area contributed by atoms with Crippen molar-refractivity contribution in [3.8, 4) is 0 Å². The molecule has 0 spiro atoms. The highest BCUT2D eigenvalue weighted by Crippen LogP contribution is 2.32. The van der Waals surface area contributed by atoms with Crippen LogP contribution in [0.15, 0.2) is 4.52 Å². The molecule has 1 heterocycles. The lowest BCUT2D eigenvalue weighted by Gasteiger charge is -2.26. The summed E-state index contributed by atoms with van der Waals surface area (Å²) in [5, 5.41) is 7.50. The molecule has 1 aromatic rings. The molecule has 1 atom stereocenters. The molecule has 20 heavy (non-hydrogen) atoms. The van der Waals surface area contributed by atoms with Crippen molar-refractivity contribution in [3.63, 3.8) is 0 Å². The fourth-order valence-electron chi connectivity index (χ4n) is 2.84. The van der Waals surface area contributed by atoms with E-state index in [1.54, 1.807) is 7.11 Å². The Morgan fingerprint density at radius 1 is 1.40 bits per heavy atom. The zero-order valence-electron chi connectivity index (χ0n) is 13.1. The van der Waals surface area contributed by atoms with E-state index in [9.17, 15) is 0 Å². The maximum atomic E-state index is 5.44. The maximum absolute atomic E-state index is 5.44. The Kier molecular flexibility index (Phi) is 5.16. The van der Waals surface area contributed by atoms with Crippen molar-refractivity contribution in [1.29, 1.82) is 0 Å². The van der Waals surface area contributed by atoms with Gasteiger partial charge in [-0.05, 0) is 40.0 Å². The summed E-state index contributed by atoms with van der Waals surface area (Å²) in [7, 11) is 1.75. The first-order chi connectivity index (χ1) is 9.50. The first kappa shape index (κ1) is 15.4. The highest BCUT2D eigenvalue weighted by molar-refractivity contribution is 4.96. The van der Waals surface area contributed by atoms with Crippen LogP contribution >= 0.6 is 0 Å². The average molecular weight is 281 g/mol. The van der Waals surface area contributed by atoms with E-state index in [2.05, 4.69) is 36.2 Å². The maximum Gasteiger partial charge on any atom is 0.229 e. The van der Waals surface area contributed by atoms with Gasteiger partial charge < -0.3 is 14.6 Å². The predicted molar refractivity (Wildman–Crippen MR) is 77.5 cm³/mol.